The first-order chi connectivity index (χ1) is 9.33. The zero-order valence-corrected chi connectivity index (χ0v) is 12.2. The van der Waals surface area contributed by atoms with E-state index in [9.17, 15) is 9.59 Å². The van der Waals surface area contributed by atoms with Crippen LogP contribution in [-0.4, -0.2) is 17.5 Å². The van der Waals surface area contributed by atoms with Crippen molar-refractivity contribution in [2.45, 2.75) is 39.3 Å². The molecule has 0 saturated carbocycles. The fraction of sp³-hybridized carbons (Fsp3) is 0.375. The number of hydrogen-bond donors (Lipinski definition) is 1. The molecule has 4 heteroatoms. The van der Waals surface area contributed by atoms with Crippen molar-refractivity contribution in [1.29, 1.82) is 0 Å². The lowest BCUT2D eigenvalue weighted by Gasteiger charge is -2.24. The Balaban J connectivity index is 2.98. The molecule has 0 fully saturated rings. The molecule has 0 aliphatic rings. The standard InChI is InChI=1S/C16H19NO3/c1-5-9-13(18)17-14(12-10-7-6-8-11-12)15(19)20-16(2,3)4/h6-8,10-11,14H,1-4H3,(H,17,18)/t14-/m1/s1. The molecule has 106 valence electrons. The molecule has 20 heavy (non-hydrogen) atoms. The van der Waals surface area contributed by atoms with Crippen LogP contribution in [0.2, 0.25) is 0 Å². The number of carbonyl (C=O) groups excluding carboxylic acids is 2. The highest BCUT2D eigenvalue weighted by molar-refractivity contribution is 5.96. The quantitative estimate of drug-likeness (QED) is 0.678. The number of esters is 1. The van der Waals surface area contributed by atoms with Gasteiger partial charge in [-0.1, -0.05) is 36.3 Å². The summed E-state index contributed by atoms with van der Waals surface area (Å²) in [5.74, 6) is 3.84. The van der Waals surface area contributed by atoms with Crippen LogP contribution >= 0.6 is 0 Å². The van der Waals surface area contributed by atoms with E-state index in [1.54, 1.807) is 52.0 Å². The second-order valence-corrected chi connectivity index (χ2v) is 5.23. The van der Waals surface area contributed by atoms with Crippen LogP contribution in [0.3, 0.4) is 0 Å². The van der Waals surface area contributed by atoms with Gasteiger partial charge in [0.15, 0.2) is 6.04 Å². The Kier molecular flexibility index (Phi) is 5.33. The summed E-state index contributed by atoms with van der Waals surface area (Å²) in [4.78, 5) is 23.8. The van der Waals surface area contributed by atoms with E-state index in [0.717, 1.165) is 0 Å². The molecule has 0 unspecified atom stereocenters. The minimum atomic E-state index is -0.858. The van der Waals surface area contributed by atoms with E-state index in [1.807, 2.05) is 6.07 Å². The molecule has 1 amide bonds. The van der Waals surface area contributed by atoms with E-state index in [-0.39, 0.29) is 0 Å². The summed E-state index contributed by atoms with van der Waals surface area (Å²) >= 11 is 0. The molecule has 1 aromatic carbocycles. The first-order valence-corrected chi connectivity index (χ1v) is 6.34. The molecule has 1 aromatic rings. The lowest BCUT2D eigenvalue weighted by atomic mass is 10.1. The molecule has 1 N–H and O–H groups in total. The molecule has 0 heterocycles. The second kappa shape index (κ2) is 6.76. The average molecular weight is 273 g/mol. The van der Waals surface area contributed by atoms with Crippen LogP contribution in [0.4, 0.5) is 0 Å². The van der Waals surface area contributed by atoms with Gasteiger partial charge in [-0.2, -0.15) is 0 Å². The van der Waals surface area contributed by atoms with Gasteiger partial charge < -0.3 is 10.1 Å². The average Bonchev–Trinajstić information content (AvgIpc) is 2.35. The van der Waals surface area contributed by atoms with E-state index >= 15 is 0 Å². The highest BCUT2D eigenvalue weighted by Gasteiger charge is 2.27. The Bertz CT molecular complexity index is 532. The number of ether oxygens (including phenoxy) is 1. The molecule has 0 aromatic heterocycles. The van der Waals surface area contributed by atoms with Crippen molar-refractivity contribution in [1.82, 2.24) is 5.32 Å². The van der Waals surface area contributed by atoms with Gasteiger partial charge in [0, 0.05) is 0 Å². The minimum absolute atomic E-state index is 0.505. The topological polar surface area (TPSA) is 55.4 Å². The summed E-state index contributed by atoms with van der Waals surface area (Å²) in [6, 6.07) is 8.09. The van der Waals surface area contributed by atoms with Gasteiger partial charge in [0.05, 0.1) is 0 Å². The van der Waals surface area contributed by atoms with Crippen LogP contribution in [0.15, 0.2) is 30.3 Å². The number of benzene rings is 1. The van der Waals surface area contributed by atoms with E-state index in [2.05, 4.69) is 17.2 Å². The van der Waals surface area contributed by atoms with Gasteiger partial charge >= 0.3 is 5.97 Å². The fourth-order valence-electron chi connectivity index (χ4n) is 1.57. The van der Waals surface area contributed by atoms with Crippen molar-refractivity contribution in [3.05, 3.63) is 35.9 Å². The first-order valence-electron chi connectivity index (χ1n) is 6.34. The van der Waals surface area contributed by atoms with Gasteiger partial charge in [0.25, 0.3) is 5.91 Å². The molecule has 1 atom stereocenters. The summed E-state index contributed by atoms with van der Waals surface area (Å²) < 4.78 is 5.33. The summed E-state index contributed by atoms with van der Waals surface area (Å²) in [5.41, 5.74) is 0.0404. The van der Waals surface area contributed by atoms with Gasteiger partial charge in [-0.3, -0.25) is 4.79 Å². The monoisotopic (exact) mass is 273 g/mol. The molecule has 0 bridgehead atoms. The molecule has 0 aliphatic heterocycles. The Morgan fingerprint density at radius 1 is 1.20 bits per heavy atom. The molecular weight excluding hydrogens is 254 g/mol. The predicted molar refractivity (Wildman–Crippen MR) is 76.6 cm³/mol. The van der Waals surface area contributed by atoms with E-state index in [1.165, 1.54) is 0 Å². The normalized spacial score (nSPS) is 11.8. The fourth-order valence-corrected chi connectivity index (χ4v) is 1.57. The van der Waals surface area contributed by atoms with E-state index < -0.39 is 23.5 Å². The highest BCUT2D eigenvalue weighted by Crippen LogP contribution is 2.18. The van der Waals surface area contributed by atoms with Gasteiger partial charge in [-0.05, 0) is 39.2 Å². The SMILES string of the molecule is CC#CC(=O)N[C@@H](C(=O)OC(C)(C)C)c1ccccc1. The second-order valence-electron chi connectivity index (χ2n) is 5.23. The Morgan fingerprint density at radius 3 is 2.30 bits per heavy atom. The molecule has 0 radical (unpaired) electrons. The Labute approximate surface area is 119 Å². The third kappa shape index (κ3) is 5.15. The maximum Gasteiger partial charge on any atom is 0.333 e. The lowest BCUT2D eigenvalue weighted by molar-refractivity contribution is -0.158. The molecule has 0 spiro atoms. The number of rotatable bonds is 3. The smallest absolute Gasteiger partial charge is 0.333 e. The lowest BCUT2D eigenvalue weighted by Crippen LogP contribution is -2.37. The van der Waals surface area contributed by atoms with Crippen LogP contribution in [0.5, 0.6) is 0 Å². The molecule has 1 rings (SSSR count). The van der Waals surface area contributed by atoms with Crippen molar-refractivity contribution in [3.63, 3.8) is 0 Å². The van der Waals surface area contributed by atoms with Crippen LogP contribution < -0.4 is 5.32 Å². The van der Waals surface area contributed by atoms with Gasteiger partial charge in [-0.15, -0.1) is 0 Å². The van der Waals surface area contributed by atoms with Gasteiger partial charge in [0.2, 0.25) is 0 Å². The van der Waals surface area contributed by atoms with E-state index in [0.29, 0.717) is 5.56 Å². The van der Waals surface area contributed by atoms with Crippen molar-refractivity contribution < 1.29 is 14.3 Å². The van der Waals surface area contributed by atoms with Crippen LogP contribution in [0.1, 0.15) is 39.3 Å². The van der Waals surface area contributed by atoms with E-state index in [4.69, 9.17) is 4.74 Å². The minimum Gasteiger partial charge on any atom is -0.458 e. The number of carbonyl (C=O) groups is 2. The molecule has 0 saturated heterocycles. The maximum absolute atomic E-state index is 12.2. The van der Waals surface area contributed by atoms with Crippen LogP contribution in [0, 0.1) is 11.8 Å². The van der Waals surface area contributed by atoms with Crippen molar-refractivity contribution in [2.24, 2.45) is 0 Å². The zero-order valence-electron chi connectivity index (χ0n) is 12.2. The Morgan fingerprint density at radius 2 is 1.80 bits per heavy atom. The van der Waals surface area contributed by atoms with Gasteiger partial charge in [-0.25, -0.2) is 4.79 Å². The molecular formula is C16H19NO3. The number of amides is 1. The van der Waals surface area contributed by atoms with Crippen LogP contribution in [-0.2, 0) is 14.3 Å². The van der Waals surface area contributed by atoms with Crippen molar-refractivity contribution in [3.8, 4) is 11.8 Å². The summed E-state index contributed by atoms with van der Waals surface area (Å²) in [5, 5.41) is 2.57. The number of nitrogens with one attached hydrogen (secondary N) is 1. The summed E-state index contributed by atoms with van der Waals surface area (Å²) in [6.07, 6.45) is 0. The predicted octanol–water partition coefficient (Wildman–Crippen LogP) is 2.21. The van der Waals surface area contributed by atoms with Crippen molar-refractivity contribution >= 4 is 11.9 Å². The zero-order chi connectivity index (χ0) is 15.2. The summed E-state index contributed by atoms with van der Waals surface area (Å²) in [6.45, 7) is 6.90. The summed E-state index contributed by atoms with van der Waals surface area (Å²) in [7, 11) is 0. The maximum atomic E-state index is 12.2. The number of hydrogen-bond acceptors (Lipinski definition) is 3. The third-order valence-electron chi connectivity index (χ3n) is 2.29. The largest absolute Gasteiger partial charge is 0.458 e. The first kappa shape index (κ1) is 15.8. The third-order valence-corrected chi connectivity index (χ3v) is 2.29. The highest BCUT2D eigenvalue weighted by atomic mass is 16.6. The van der Waals surface area contributed by atoms with Crippen LogP contribution in [0.25, 0.3) is 0 Å². The van der Waals surface area contributed by atoms with Gasteiger partial charge in [0.1, 0.15) is 5.60 Å². The Hall–Kier alpha value is -2.28. The van der Waals surface area contributed by atoms with Crippen molar-refractivity contribution in [2.75, 3.05) is 0 Å². The molecule has 0 aliphatic carbocycles. The molecule has 4 nitrogen and oxygen atoms in total.